The molecule has 1 saturated carbocycles. The summed E-state index contributed by atoms with van der Waals surface area (Å²) in [6.07, 6.45) is 6.37. The fraction of sp³-hybridized carbons (Fsp3) is 0.533. The molecule has 38 heavy (non-hydrogen) atoms. The molecule has 0 bridgehead atoms. The zero-order chi connectivity index (χ0) is 28.0. The lowest BCUT2D eigenvalue weighted by Gasteiger charge is -2.32. The molecule has 3 rings (SSSR count). The largest absolute Gasteiger partial charge is 0.497 e. The second-order valence-corrected chi connectivity index (χ2v) is 11.4. The molecule has 1 aliphatic rings. The summed E-state index contributed by atoms with van der Waals surface area (Å²) in [5, 5.41) is 3.07. The highest BCUT2D eigenvalue weighted by atomic mass is 16.5. The smallest absolute Gasteiger partial charge is 0.328 e. The van der Waals surface area contributed by atoms with Crippen LogP contribution in [0, 0.1) is 0 Å². The highest BCUT2D eigenvalue weighted by Gasteiger charge is 2.30. The third-order valence-corrected chi connectivity index (χ3v) is 6.98. The molecule has 3 N–H and O–H groups in total. The lowest BCUT2D eigenvalue weighted by atomic mass is 9.85. The van der Waals surface area contributed by atoms with E-state index in [1.165, 1.54) is 12.8 Å². The van der Waals surface area contributed by atoms with Crippen molar-refractivity contribution < 1.29 is 19.1 Å². The Kier molecular flexibility index (Phi) is 9.66. The minimum absolute atomic E-state index is 0.0606. The number of nitrogens with two attached hydrogens (primary N) is 1. The molecule has 2 aromatic rings. The summed E-state index contributed by atoms with van der Waals surface area (Å²) < 4.78 is 11.4. The Hall–Kier alpha value is -3.26. The van der Waals surface area contributed by atoms with E-state index < -0.39 is 17.4 Å². The maximum atomic E-state index is 14.1. The first-order valence-corrected chi connectivity index (χ1v) is 13.5. The third-order valence-electron chi connectivity index (χ3n) is 6.98. The predicted octanol–water partition coefficient (Wildman–Crippen LogP) is 6.07. The van der Waals surface area contributed by atoms with Crippen LogP contribution in [0.15, 0.2) is 36.4 Å². The van der Waals surface area contributed by atoms with E-state index in [0.717, 1.165) is 42.6 Å². The van der Waals surface area contributed by atoms with E-state index in [1.807, 2.05) is 75.0 Å². The first-order chi connectivity index (χ1) is 17.9. The van der Waals surface area contributed by atoms with Gasteiger partial charge in [-0.1, -0.05) is 46.5 Å². The van der Waals surface area contributed by atoms with Crippen LogP contribution in [-0.4, -0.2) is 45.3 Å². The van der Waals surface area contributed by atoms with Crippen LogP contribution >= 0.6 is 0 Å². The van der Waals surface area contributed by atoms with E-state index in [1.54, 1.807) is 20.1 Å². The number of hydrogen-bond acceptors (Lipinski definition) is 6. The second-order valence-electron chi connectivity index (χ2n) is 11.4. The Bertz CT molecular complexity index is 1100. The van der Waals surface area contributed by atoms with Gasteiger partial charge in [-0.05, 0) is 55.5 Å². The van der Waals surface area contributed by atoms with Crippen molar-refractivity contribution in [3.63, 3.8) is 0 Å². The Balaban J connectivity index is 2.08. The number of nitrogens with one attached hydrogen (secondary N) is 1. The Morgan fingerprint density at radius 1 is 1.00 bits per heavy atom. The van der Waals surface area contributed by atoms with Crippen molar-refractivity contribution in [2.24, 2.45) is 5.73 Å². The van der Waals surface area contributed by atoms with Gasteiger partial charge in [0.15, 0.2) is 5.75 Å². The van der Waals surface area contributed by atoms with Crippen LogP contribution in [0.1, 0.15) is 71.8 Å². The number of urea groups is 1. The molecule has 2 amide bonds. The summed E-state index contributed by atoms with van der Waals surface area (Å²) in [5.41, 5.74) is 8.41. The summed E-state index contributed by atoms with van der Waals surface area (Å²) in [6.45, 7) is 7.62. The van der Waals surface area contributed by atoms with Gasteiger partial charge in [0.1, 0.15) is 11.8 Å². The fourth-order valence-electron chi connectivity index (χ4n) is 4.77. The van der Waals surface area contributed by atoms with Crippen LogP contribution in [0.3, 0.4) is 0 Å². The third kappa shape index (κ3) is 7.19. The lowest BCUT2D eigenvalue weighted by molar-refractivity contribution is -0.135. The molecular formula is C30H44N4O4. The SMILES string of the molecule is COc1cc(NC(=O)N(c2ccc(N(C)C)cc2)C2CCCCCC2)c(OC(=O)[C@H](C)N)c(C(C)(C)C)c1. The number of carbonyl (C=O) groups excluding carboxylic acids is 2. The molecular weight excluding hydrogens is 480 g/mol. The van der Waals surface area contributed by atoms with E-state index >= 15 is 0 Å². The van der Waals surface area contributed by atoms with Crippen LogP contribution in [0.2, 0.25) is 0 Å². The van der Waals surface area contributed by atoms with Crippen molar-refractivity contribution in [1.29, 1.82) is 0 Å². The number of benzene rings is 2. The fourth-order valence-corrected chi connectivity index (χ4v) is 4.77. The number of esters is 1. The number of rotatable bonds is 7. The first kappa shape index (κ1) is 29.3. The summed E-state index contributed by atoms with van der Waals surface area (Å²) >= 11 is 0. The molecule has 1 atom stereocenters. The molecule has 8 nitrogen and oxygen atoms in total. The Labute approximate surface area is 227 Å². The number of methoxy groups -OCH3 is 1. The van der Waals surface area contributed by atoms with Crippen LogP contribution in [0.5, 0.6) is 11.5 Å². The molecule has 0 radical (unpaired) electrons. The molecule has 0 spiro atoms. The van der Waals surface area contributed by atoms with Gasteiger partial charge in [-0.2, -0.15) is 0 Å². The highest BCUT2D eigenvalue weighted by Crippen LogP contribution is 2.41. The summed E-state index contributed by atoms with van der Waals surface area (Å²) in [7, 11) is 5.56. The first-order valence-electron chi connectivity index (χ1n) is 13.5. The van der Waals surface area contributed by atoms with Gasteiger partial charge in [0.2, 0.25) is 0 Å². The van der Waals surface area contributed by atoms with Crippen molar-refractivity contribution in [2.45, 2.75) is 83.7 Å². The minimum atomic E-state index is -0.814. The topological polar surface area (TPSA) is 97.1 Å². The van der Waals surface area contributed by atoms with Crippen molar-refractivity contribution in [2.75, 3.05) is 36.3 Å². The highest BCUT2D eigenvalue weighted by molar-refractivity contribution is 6.03. The summed E-state index contributed by atoms with van der Waals surface area (Å²) in [6, 6.07) is 10.5. The van der Waals surface area contributed by atoms with Gasteiger partial charge in [-0.25, -0.2) is 9.59 Å². The lowest BCUT2D eigenvalue weighted by Crippen LogP contribution is -2.43. The van der Waals surface area contributed by atoms with Crippen LogP contribution < -0.4 is 30.3 Å². The van der Waals surface area contributed by atoms with Gasteiger partial charge in [0, 0.05) is 43.1 Å². The van der Waals surface area contributed by atoms with Gasteiger partial charge in [0.25, 0.3) is 0 Å². The summed E-state index contributed by atoms with van der Waals surface area (Å²) in [4.78, 5) is 30.6. The number of carbonyl (C=O) groups is 2. The number of amides is 2. The van der Waals surface area contributed by atoms with Crippen LogP contribution in [-0.2, 0) is 10.2 Å². The van der Waals surface area contributed by atoms with E-state index in [9.17, 15) is 9.59 Å². The van der Waals surface area contributed by atoms with E-state index in [0.29, 0.717) is 11.4 Å². The molecule has 0 unspecified atom stereocenters. The van der Waals surface area contributed by atoms with Gasteiger partial charge < -0.3 is 25.4 Å². The van der Waals surface area contributed by atoms with Crippen molar-refractivity contribution >= 4 is 29.1 Å². The number of hydrogen-bond donors (Lipinski definition) is 2. The zero-order valence-corrected chi connectivity index (χ0v) is 24.0. The maximum absolute atomic E-state index is 14.1. The second kappa shape index (κ2) is 12.5. The molecule has 0 aromatic heterocycles. The van der Waals surface area contributed by atoms with Gasteiger partial charge >= 0.3 is 12.0 Å². The van der Waals surface area contributed by atoms with E-state index in [-0.39, 0.29) is 17.8 Å². The molecule has 8 heteroatoms. The van der Waals surface area contributed by atoms with Crippen molar-refractivity contribution in [1.82, 2.24) is 0 Å². The minimum Gasteiger partial charge on any atom is -0.497 e. The van der Waals surface area contributed by atoms with Gasteiger partial charge in [-0.3, -0.25) is 4.90 Å². The Morgan fingerprint density at radius 3 is 2.08 bits per heavy atom. The average molecular weight is 525 g/mol. The molecule has 1 aliphatic carbocycles. The number of anilines is 3. The average Bonchev–Trinajstić information content (AvgIpc) is 3.14. The van der Waals surface area contributed by atoms with Crippen LogP contribution in [0.4, 0.5) is 21.9 Å². The summed E-state index contributed by atoms with van der Waals surface area (Å²) in [5.74, 6) is 0.274. The number of ether oxygens (including phenoxy) is 2. The molecule has 0 saturated heterocycles. The number of nitrogens with zero attached hydrogens (tertiary/aromatic N) is 2. The molecule has 0 aliphatic heterocycles. The maximum Gasteiger partial charge on any atom is 0.328 e. The Morgan fingerprint density at radius 2 is 1.58 bits per heavy atom. The normalized spacial score (nSPS) is 15.3. The van der Waals surface area contributed by atoms with E-state index in [4.69, 9.17) is 15.2 Å². The van der Waals surface area contributed by atoms with Gasteiger partial charge in [0.05, 0.1) is 12.8 Å². The van der Waals surface area contributed by atoms with Gasteiger partial charge in [-0.15, -0.1) is 0 Å². The predicted molar refractivity (Wildman–Crippen MR) is 155 cm³/mol. The molecule has 208 valence electrons. The zero-order valence-electron chi connectivity index (χ0n) is 24.0. The molecule has 0 heterocycles. The van der Waals surface area contributed by atoms with Crippen molar-refractivity contribution in [3.05, 3.63) is 42.0 Å². The quantitative estimate of drug-likeness (QED) is 0.259. The monoisotopic (exact) mass is 524 g/mol. The van der Waals surface area contributed by atoms with Crippen molar-refractivity contribution in [3.8, 4) is 11.5 Å². The van der Waals surface area contributed by atoms with E-state index in [2.05, 4.69) is 5.32 Å². The molecule has 2 aromatic carbocycles. The van der Waals surface area contributed by atoms with Crippen LogP contribution in [0.25, 0.3) is 0 Å². The molecule has 1 fully saturated rings. The standard InChI is InChI=1S/C30H44N4O4/c1-20(31)28(35)38-27-25(30(2,3)4)18-24(37-7)19-26(27)32-29(36)34(22-12-10-8-9-11-13-22)23-16-14-21(15-17-23)33(5)6/h14-20,22H,8-13,31H2,1-7H3,(H,32,36)/t20-/m0/s1.